The molecule has 0 aliphatic carbocycles. The number of carbonyl (C=O) groups excluding carboxylic acids is 1. The van der Waals surface area contributed by atoms with Crippen LogP contribution in [0.3, 0.4) is 0 Å². The van der Waals surface area contributed by atoms with Crippen molar-refractivity contribution in [3.63, 3.8) is 0 Å². The summed E-state index contributed by atoms with van der Waals surface area (Å²) < 4.78 is 5.39. The van der Waals surface area contributed by atoms with Crippen LogP contribution in [0.25, 0.3) is 11.3 Å². The maximum atomic E-state index is 12.7. The minimum absolute atomic E-state index is 0.0251. The number of thioether (sulfide) groups is 1. The van der Waals surface area contributed by atoms with E-state index in [1.54, 1.807) is 36.7 Å². The number of hydrogen-bond acceptors (Lipinski definition) is 8. The molecule has 0 saturated carbocycles. The SMILES string of the molecule is CCC(Sc1nc(N)c(C#N)c(-c2ccco2)c1C#N)C(=O)Nc1cccnc1. The van der Waals surface area contributed by atoms with Crippen LogP contribution in [0.5, 0.6) is 0 Å². The third-order valence-corrected chi connectivity index (χ3v) is 5.38. The zero-order chi connectivity index (χ0) is 20.8. The van der Waals surface area contributed by atoms with Crippen LogP contribution in [-0.2, 0) is 4.79 Å². The summed E-state index contributed by atoms with van der Waals surface area (Å²) in [5.41, 5.74) is 7.02. The summed E-state index contributed by atoms with van der Waals surface area (Å²) in [5, 5.41) is 21.8. The average Bonchev–Trinajstić information content (AvgIpc) is 3.26. The molecule has 1 atom stereocenters. The third kappa shape index (κ3) is 4.21. The smallest absolute Gasteiger partial charge is 0.237 e. The minimum atomic E-state index is -0.536. The molecule has 29 heavy (non-hydrogen) atoms. The maximum absolute atomic E-state index is 12.7. The molecule has 3 heterocycles. The number of nitrogens with two attached hydrogens (primary N) is 1. The number of nitrogens with one attached hydrogen (secondary N) is 1. The minimum Gasteiger partial charge on any atom is -0.464 e. The lowest BCUT2D eigenvalue weighted by molar-refractivity contribution is -0.115. The Balaban J connectivity index is 1.99. The van der Waals surface area contributed by atoms with Crippen LogP contribution >= 0.6 is 11.8 Å². The van der Waals surface area contributed by atoms with E-state index in [9.17, 15) is 15.3 Å². The Labute approximate surface area is 171 Å². The van der Waals surface area contributed by atoms with E-state index in [-0.39, 0.29) is 33.4 Å². The molecule has 0 saturated heterocycles. The van der Waals surface area contributed by atoms with Crippen molar-refractivity contribution in [1.29, 1.82) is 10.5 Å². The molecule has 3 N–H and O–H groups in total. The molecule has 0 radical (unpaired) electrons. The number of nitrogens with zero attached hydrogens (tertiary/aromatic N) is 4. The van der Waals surface area contributed by atoms with Gasteiger partial charge < -0.3 is 15.5 Å². The summed E-state index contributed by atoms with van der Waals surface area (Å²) in [6.45, 7) is 1.85. The van der Waals surface area contributed by atoms with E-state index in [0.29, 0.717) is 17.9 Å². The molecule has 3 aromatic rings. The molecule has 3 aromatic heterocycles. The van der Waals surface area contributed by atoms with E-state index < -0.39 is 5.25 Å². The Bertz CT molecular complexity index is 1100. The van der Waals surface area contributed by atoms with Gasteiger partial charge in [-0.05, 0) is 30.7 Å². The first-order chi connectivity index (χ1) is 14.1. The van der Waals surface area contributed by atoms with Gasteiger partial charge >= 0.3 is 0 Å². The summed E-state index contributed by atoms with van der Waals surface area (Å²) in [4.78, 5) is 20.9. The number of aromatic nitrogens is 2. The third-order valence-electron chi connectivity index (χ3n) is 4.03. The second-order valence-electron chi connectivity index (χ2n) is 5.87. The molecule has 1 unspecified atom stereocenters. The van der Waals surface area contributed by atoms with Gasteiger partial charge in [0.05, 0.1) is 34.5 Å². The zero-order valence-corrected chi connectivity index (χ0v) is 16.2. The van der Waals surface area contributed by atoms with Gasteiger partial charge in [-0.2, -0.15) is 10.5 Å². The van der Waals surface area contributed by atoms with Crippen molar-refractivity contribution in [2.45, 2.75) is 23.6 Å². The number of amides is 1. The van der Waals surface area contributed by atoms with Crippen molar-refractivity contribution in [2.24, 2.45) is 0 Å². The Hall–Kier alpha value is -3.82. The zero-order valence-electron chi connectivity index (χ0n) is 15.4. The number of anilines is 2. The lowest BCUT2D eigenvalue weighted by Gasteiger charge is -2.16. The first kappa shape index (κ1) is 19.9. The van der Waals surface area contributed by atoms with E-state index >= 15 is 0 Å². The van der Waals surface area contributed by atoms with Crippen molar-refractivity contribution in [3.8, 4) is 23.5 Å². The molecule has 1 amide bonds. The molecule has 0 bridgehead atoms. The van der Waals surface area contributed by atoms with Crippen molar-refractivity contribution in [3.05, 3.63) is 54.0 Å². The molecule has 0 aliphatic rings. The number of nitriles is 2. The highest BCUT2D eigenvalue weighted by atomic mass is 32.2. The Morgan fingerprint density at radius 2 is 2.10 bits per heavy atom. The van der Waals surface area contributed by atoms with Gasteiger partial charge in [0.1, 0.15) is 34.3 Å². The fraction of sp³-hybridized carbons (Fsp3) is 0.150. The summed E-state index contributed by atoms with van der Waals surface area (Å²) in [6, 6.07) is 10.8. The van der Waals surface area contributed by atoms with Gasteiger partial charge in [-0.1, -0.05) is 18.7 Å². The molecular formula is C20H16N6O2S. The average molecular weight is 404 g/mol. The number of furan rings is 1. The highest BCUT2D eigenvalue weighted by Crippen LogP contribution is 2.37. The molecule has 144 valence electrons. The van der Waals surface area contributed by atoms with Crippen LogP contribution in [0.4, 0.5) is 11.5 Å². The number of hydrogen-bond donors (Lipinski definition) is 2. The van der Waals surface area contributed by atoms with Gasteiger partial charge in [-0.25, -0.2) is 4.98 Å². The first-order valence-corrected chi connectivity index (χ1v) is 9.52. The van der Waals surface area contributed by atoms with Crippen molar-refractivity contribution < 1.29 is 9.21 Å². The normalized spacial score (nSPS) is 11.3. The second-order valence-corrected chi connectivity index (χ2v) is 7.07. The topological polar surface area (TPSA) is 142 Å². The Morgan fingerprint density at radius 1 is 1.31 bits per heavy atom. The fourth-order valence-corrected chi connectivity index (χ4v) is 3.69. The molecule has 0 aliphatic heterocycles. The van der Waals surface area contributed by atoms with Crippen LogP contribution in [0.15, 0.2) is 52.4 Å². The number of carbonyl (C=O) groups is 1. The number of nitrogen functional groups attached to an aromatic ring is 1. The largest absolute Gasteiger partial charge is 0.464 e. The molecule has 0 aromatic carbocycles. The second kappa shape index (κ2) is 8.91. The van der Waals surface area contributed by atoms with E-state index in [4.69, 9.17) is 10.2 Å². The van der Waals surface area contributed by atoms with Crippen molar-refractivity contribution in [2.75, 3.05) is 11.1 Å². The van der Waals surface area contributed by atoms with E-state index in [1.807, 2.05) is 13.0 Å². The Morgan fingerprint density at radius 3 is 2.69 bits per heavy atom. The van der Waals surface area contributed by atoms with Crippen LogP contribution < -0.4 is 11.1 Å². The lowest BCUT2D eigenvalue weighted by Crippen LogP contribution is -2.25. The number of rotatable bonds is 6. The van der Waals surface area contributed by atoms with E-state index in [0.717, 1.165) is 11.8 Å². The monoisotopic (exact) mass is 404 g/mol. The standard InChI is InChI=1S/C20H16N6O2S/c1-2-16(19(27)25-12-5-3-7-24-11-12)29-20-14(10-22)17(15-6-4-8-28-15)13(9-21)18(23)26-20/h3-8,11,16H,2H2,1H3,(H2,23,26)(H,25,27). The molecular weight excluding hydrogens is 388 g/mol. The van der Waals surface area contributed by atoms with Gasteiger partial charge in [0, 0.05) is 6.20 Å². The van der Waals surface area contributed by atoms with Crippen LogP contribution in [0.1, 0.15) is 24.5 Å². The number of pyridine rings is 2. The van der Waals surface area contributed by atoms with E-state index in [2.05, 4.69) is 21.4 Å². The summed E-state index contributed by atoms with van der Waals surface area (Å²) in [6.07, 6.45) is 5.08. The highest BCUT2D eigenvalue weighted by Gasteiger charge is 2.26. The van der Waals surface area contributed by atoms with Crippen molar-refractivity contribution in [1.82, 2.24) is 9.97 Å². The van der Waals surface area contributed by atoms with Gasteiger partial charge in [0.25, 0.3) is 0 Å². The molecule has 8 nitrogen and oxygen atoms in total. The molecule has 9 heteroatoms. The molecule has 0 fully saturated rings. The van der Waals surface area contributed by atoms with E-state index in [1.165, 1.54) is 6.26 Å². The van der Waals surface area contributed by atoms with Crippen LogP contribution in [0.2, 0.25) is 0 Å². The first-order valence-electron chi connectivity index (χ1n) is 8.64. The highest BCUT2D eigenvalue weighted by molar-refractivity contribution is 8.00. The predicted molar refractivity (Wildman–Crippen MR) is 109 cm³/mol. The van der Waals surface area contributed by atoms with Gasteiger partial charge in [-0.3, -0.25) is 9.78 Å². The van der Waals surface area contributed by atoms with Gasteiger partial charge in [0.2, 0.25) is 5.91 Å². The maximum Gasteiger partial charge on any atom is 0.237 e. The van der Waals surface area contributed by atoms with Gasteiger partial charge in [-0.15, -0.1) is 0 Å². The van der Waals surface area contributed by atoms with Gasteiger partial charge in [0.15, 0.2) is 0 Å². The fourth-order valence-electron chi connectivity index (χ4n) is 2.67. The summed E-state index contributed by atoms with van der Waals surface area (Å²) >= 11 is 1.11. The van der Waals surface area contributed by atoms with Crippen LogP contribution in [0, 0.1) is 22.7 Å². The van der Waals surface area contributed by atoms with Crippen LogP contribution in [-0.4, -0.2) is 21.1 Å². The predicted octanol–water partition coefficient (Wildman–Crippen LogP) is 3.57. The van der Waals surface area contributed by atoms with Crippen molar-refractivity contribution >= 4 is 29.2 Å². The summed E-state index contributed by atoms with van der Waals surface area (Å²) in [7, 11) is 0. The quantitative estimate of drug-likeness (QED) is 0.594. The molecule has 3 rings (SSSR count). The summed E-state index contributed by atoms with van der Waals surface area (Å²) in [5.74, 6) is 0.0588. The lowest BCUT2D eigenvalue weighted by atomic mass is 10.0. The molecule has 0 spiro atoms. The Kier molecular flexibility index (Phi) is 6.12.